The Hall–Kier alpha value is -2.97. The zero-order valence-electron chi connectivity index (χ0n) is 18.2. The van der Waals surface area contributed by atoms with Crippen molar-refractivity contribution in [2.24, 2.45) is 0 Å². The maximum absolute atomic E-state index is 11.6. The van der Waals surface area contributed by atoms with Gasteiger partial charge in [0.15, 0.2) is 0 Å². The number of morpholine rings is 1. The van der Waals surface area contributed by atoms with E-state index in [4.69, 9.17) is 21.1 Å². The molecule has 1 aliphatic rings. The van der Waals surface area contributed by atoms with Gasteiger partial charge in [-0.3, -0.25) is 15.0 Å². The minimum atomic E-state index is -0.437. The molecule has 0 aliphatic carbocycles. The highest BCUT2D eigenvalue weighted by molar-refractivity contribution is 6.32. The molecular weight excluding hydrogens is 442 g/mol. The summed E-state index contributed by atoms with van der Waals surface area (Å²) in [4.78, 5) is 13.6. The second kappa shape index (κ2) is 11.2. The van der Waals surface area contributed by atoms with Crippen molar-refractivity contribution in [3.63, 3.8) is 0 Å². The predicted octanol–water partition coefficient (Wildman–Crippen LogP) is 5.16. The van der Waals surface area contributed by atoms with Gasteiger partial charge in [0.25, 0.3) is 0 Å². The molecule has 1 N–H and O–H groups in total. The van der Waals surface area contributed by atoms with Crippen molar-refractivity contribution in [1.82, 2.24) is 10.2 Å². The molecule has 0 saturated carbocycles. The van der Waals surface area contributed by atoms with E-state index in [-0.39, 0.29) is 11.4 Å². The first-order valence-electron chi connectivity index (χ1n) is 10.9. The van der Waals surface area contributed by atoms with Crippen molar-refractivity contribution in [3.05, 3.63) is 98.6 Å². The van der Waals surface area contributed by atoms with Gasteiger partial charge in [-0.1, -0.05) is 54.1 Å². The maximum Gasteiger partial charge on any atom is 0.311 e. The third kappa shape index (κ3) is 6.30. The third-order valence-electron chi connectivity index (χ3n) is 5.54. The molecule has 1 aliphatic heterocycles. The summed E-state index contributed by atoms with van der Waals surface area (Å²) in [7, 11) is 0. The molecule has 0 bridgehead atoms. The van der Waals surface area contributed by atoms with Crippen LogP contribution in [0.4, 0.5) is 5.69 Å². The van der Waals surface area contributed by atoms with Gasteiger partial charge in [-0.2, -0.15) is 0 Å². The lowest BCUT2D eigenvalue weighted by Gasteiger charge is -2.27. The van der Waals surface area contributed by atoms with Crippen LogP contribution >= 0.6 is 11.6 Å². The topological polar surface area (TPSA) is 76.9 Å². The van der Waals surface area contributed by atoms with Crippen LogP contribution in [-0.2, 0) is 24.4 Å². The molecule has 3 aromatic carbocycles. The molecule has 0 unspecified atom stereocenters. The quantitative estimate of drug-likeness (QED) is 0.346. The highest BCUT2D eigenvalue weighted by atomic mass is 35.5. The summed E-state index contributed by atoms with van der Waals surface area (Å²) >= 11 is 6.12. The molecule has 1 heterocycles. The fraction of sp³-hybridized carbons (Fsp3) is 0.280. The summed E-state index contributed by atoms with van der Waals surface area (Å²) < 4.78 is 11.1. The SMILES string of the molecule is O=[N+]([O-])c1cc(CNCc2ccccc2CN2CCOCC2)ccc1Oc1ccccc1Cl. The standard InChI is InChI=1S/C25H26ClN3O4/c26-22-7-3-4-8-24(22)33-25-10-9-19(15-23(25)29(30)31)16-27-17-20-5-1-2-6-21(20)18-28-11-13-32-14-12-28/h1-10,15,27H,11-14,16-18H2. The molecule has 0 radical (unpaired) electrons. The van der Waals surface area contributed by atoms with E-state index in [9.17, 15) is 10.1 Å². The first-order valence-corrected chi connectivity index (χ1v) is 11.3. The second-order valence-corrected chi connectivity index (χ2v) is 8.26. The van der Waals surface area contributed by atoms with Gasteiger partial charge in [-0.15, -0.1) is 0 Å². The summed E-state index contributed by atoms with van der Waals surface area (Å²) in [6, 6.07) is 20.2. The lowest BCUT2D eigenvalue weighted by atomic mass is 10.1. The molecule has 8 heteroatoms. The van der Waals surface area contributed by atoms with Crippen LogP contribution < -0.4 is 10.1 Å². The van der Waals surface area contributed by atoms with Gasteiger partial charge in [0.05, 0.1) is 23.2 Å². The van der Waals surface area contributed by atoms with Crippen molar-refractivity contribution < 1.29 is 14.4 Å². The number of rotatable bonds is 9. The minimum Gasteiger partial charge on any atom is -0.449 e. The van der Waals surface area contributed by atoms with E-state index < -0.39 is 4.92 Å². The van der Waals surface area contributed by atoms with Crippen LogP contribution in [0, 0.1) is 10.1 Å². The lowest BCUT2D eigenvalue weighted by Crippen LogP contribution is -2.36. The third-order valence-corrected chi connectivity index (χ3v) is 5.85. The van der Waals surface area contributed by atoms with E-state index in [2.05, 4.69) is 28.4 Å². The Morgan fingerprint density at radius 2 is 1.70 bits per heavy atom. The van der Waals surface area contributed by atoms with E-state index in [1.807, 2.05) is 12.1 Å². The lowest BCUT2D eigenvalue weighted by molar-refractivity contribution is -0.385. The maximum atomic E-state index is 11.6. The highest BCUT2D eigenvalue weighted by Crippen LogP contribution is 2.35. The molecule has 0 aromatic heterocycles. The van der Waals surface area contributed by atoms with Crippen LogP contribution in [0.1, 0.15) is 16.7 Å². The Morgan fingerprint density at radius 3 is 2.45 bits per heavy atom. The van der Waals surface area contributed by atoms with Gasteiger partial charge < -0.3 is 14.8 Å². The average Bonchev–Trinajstić information content (AvgIpc) is 2.83. The number of hydrogen-bond acceptors (Lipinski definition) is 6. The summed E-state index contributed by atoms with van der Waals surface area (Å²) in [5.74, 6) is 0.540. The van der Waals surface area contributed by atoms with E-state index >= 15 is 0 Å². The number of nitrogens with zero attached hydrogens (tertiary/aromatic N) is 2. The van der Waals surface area contributed by atoms with Crippen molar-refractivity contribution in [2.75, 3.05) is 26.3 Å². The fourth-order valence-corrected chi connectivity index (χ4v) is 3.95. The predicted molar refractivity (Wildman–Crippen MR) is 128 cm³/mol. The number of nitro benzene ring substituents is 1. The highest BCUT2D eigenvalue weighted by Gasteiger charge is 2.18. The Bertz CT molecular complexity index is 1100. The van der Waals surface area contributed by atoms with Crippen molar-refractivity contribution in [1.29, 1.82) is 0 Å². The molecule has 172 valence electrons. The molecule has 1 saturated heterocycles. The van der Waals surface area contributed by atoms with Gasteiger partial charge in [0.2, 0.25) is 5.75 Å². The van der Waals surface area contributed by atoms with Crippen molar-refractivity contribution >= 4 is 17.3 Å². The van der Waals surface area contributed by atoms with Crippen LogP contribution in [0.25, 0.3) is 0 Å². The van der Waals surface area contributed by atoms with Gasteiger partial charge in [0, 0.05) is 38.8 Å². The minimum absolute atomic E-state index is 0.0954. The number of ether oxygens (including phenoxy) is 2. The number of hydrogen-bond donors (Lipinski definition) is 1. The summed E-state index contributed by atoms with van der Waals surface area (Å²) in [6.07, 6.45) is 0. The van der Waals surface area contributed by atoms with Crippen LogP contribution in [-0.4, -0.2) is 36.1 Å². The number of para-hydroxylation sites is 1. The van der Waals surface area contributed by atoms with Crippen LogP contribution in [0.3, 0.4) is 0 Å². The largest absolute Gasteiger partial charge is 0.449 e. The van der Waals surface area contributed by atoms with Crippen LogP contribution in [0.15, 0.2) is 66.7 Å². The molecule has 7 nitrogen and oxygen atoms in total. The monoisotopic (exact) mass is 467 g/mol. The molecule has 0 spiro atoms. The van der Waals surface area contributed by atoms with E-state index in [0.29, 0.717) is 23.9 Å². The van der Waals surface area contributed by atoms with Gasteiger partial charge in [-0.05, 0) is 34.9 Å². The Morgan fingerprint density at radius 1 is 0.970 bits per heavy atom. The van der Waals surface area contributed by atoms with E-state index in [1.165, 1.54) is 11.1 Å². The molecule has 0 atom stereocenters. The first-order chi connectivity index (χ1) is 16.1. The van der Waals surface area contributed by atoms with Crippen molar-refractivity contribution in [3.8, 4) is 11.5 Å². The Kier molecular flexibility index (Phi) is 7.91. The molecule has 4 rings (SSSR count). The van der Waals surface area contributed by atoms with E-state index in [1.54, 1.807) is 36.4 Å². The molecule has 33 heavy (non-hydrogen) atoms. The van der Waals surface area contributed by atoms with E-state index in [0.717, 1.165) is 38.4 Å². The summed E-state index contributed by atoms with van der Waals surface area (Å²) in [5, 5.41) is 15.4. The summed E-state index contributed by atoms with van der Waals surface area (Å²) in [5.41, 5.74) is 3.21. The molecular formula is C25H26ClN3O4. The molecule has 3 aromatic rings. The smallest absolute Gasteiger partial charge is 0.311 e. The van der Waals surface area contributed by atoms with Gasteiger partial charge in [-0.25, -0.2) is 0 Å². The first kappa shape index (κ1) is 23.2. The zero-order valence-corrected chi connectivity index (χ0v) is 19.0. The molecule has 0 amide bonds. The van der Waals surface area contributed by atoms with Crippen LogP contribution in [0.2, 0.25) is 5.02 Å². The van der Waals surface area contributed by atoms with Crippen LogP contribution in [0.5, 0.6) is 11.5 Å². The average molecular weight is 468 g/mol. The fourth-order valence-electron chi connectivity index (χ4n) is 3.77. The van der Waals surface area contributed by atoms with Gasteiger partial charge >= 0.3 is 5.69 Å². The molecule has 1 fully saturated rings. The Balaban J connectivity index is 1.40. The second-order valence-electron chi connectivity index (χ2n) is 7.85. The number of nitro groups is 1. The Labute approximate surface area is 198 Å². The van der Waals surface area contributed by atoms with Crippen molar-refractivity contribution in [2.45, 2.75) is 19.6 Å². The number of halogens is 1. The zero-order chi connectivity index (χ0) is 23.0. The normalized spacial score (nSPS) is 14.2. The van der Waals surface area contributed by atoms with Gasteiger partial charge in [0.1, 0.15) is 5.75 Å². The summed E-state index contributed by atoms with van der Waals surface area (Å²) in [6.45, 7) is 5.49. The number of benzene rings is 3. The number of nitrogens with one attached hydrogen (secondary N) is 1.